The number of aromatic nitrogens is 4. The lowest BCUT2D eigenvalue weighted by Gasteiger charge is -2.05. The van der Waals surface area contributed by atoms with E-state index in [-0.39, 0.29) is 0 Å². The number of hydrogen-bond acceptors (Lipinski definition) is 4. The van der Waals surface area contributed by atoms with E-state index in [1.54, 1.807) is 11.8 Å². The Balaban J connectivity index is 1.65. The van der Waals surface area contributed by atoms with Gasteiger partial charge in [0.25, 0.3) is 0 Å². The van der Waals surface area contributed by atoms with E-state index in [1.165, 1.54) is 0 Å². The van der Waals surface area contributed by atoms with E-state index in [0.717, 1.165) is 38.8 Å². The molecule has 0 saturated carbocycles. The Morgan fingerprint density at radius 1 is 1.04 bits per heavy atom. The highest BCUT2D eigenvalue weighted by molar-refractivity contribution is 7.98. The molecule has 0 fully saturated rings. The molecule has 0 aliphatic heterocycles. The van der Waals surface area contributed by atoms with Crippen molar-refractivity contribution in [2.75, 3.05) is 0 Å². The van der Waals surface area contributed by atoms with Gasteiger partial charge in [-0.15, -0.1) is 0 Å². The zero-order valence-corrected chi connectivity index (χ0v) is 14.0. The summed E-state index contributed by atoms with van der Waals surface area (Å²) in [6, 6.07) is 11.8. The molecule has 0 N–H and O–H groups in total. The summed E-state index contributed by atoms with van der Waals surface area (Å²) >= 11 is 7.69. The third kappa shape index (κ3) is 2.90. The Morgan fingerprint density at radius 2 is 1.91 bits per heavy atom. The number of pyridine rings is 1. The number of rotatable bonds is 3. The zero-order chi connectivity index (χ0) is 15.8. The fourth-order valence-corrected chi connectivity index (χ4v) is 3.61. The molecular weight excluding hydrogens is 328 g/mol. The molecule has 4 aromatic rings. The summed E-state index contributed by atoms with van der Waals surface area (Å²) in [6.07, 6.45) is 3.87. The molecular formula is C17H13ClN4S. The predicted octanol–water partition coefficient (Wildman–Crippen LogP) is 4.53. The van der Waals surface area contributed by atoms with Crippen LogP contribution in [0.25, 0.3) is 16.6 Å². The van der Waals surface area contributed by atoms with E-state index in [2.05, 4.69) is 21.0 Å². The van der Waals surface area contributed by atoms with Crippen molar-refractivity contribution >= 4 is 39.9 Å². The van der Waals surface area contributed by atoms with Crippen LogP contribution in [0.3, 0.4) is 0 Å². The summed E-state index contributed by atoms with van der Waals surface area (Å²) in [7, 11) is 0. The van der Waals surface area contributed by atoms with Crippen molar-refractivity contribution in [3.63, 3.8) is 0 Å². The lowest BCUT2D eigenvalue weighted by molar-refractivity contribution is 1.01. The molecule has 1 aromatic carbocycles. The van der Waals surface area contributed by atoms with Gasteiger partial charge in [-0.05, 0) is 25.1 Å². The van der Waals surface area contributed by atoms with E-state index >= 15 is 0 Å². The second-order valence-electron chi connectivity index (χ2n) is 5.23. The smallest absolute Gasteiger partial charge is 0.137 e. The Labute approximate surface area is 142 Å². The van der Waals surface area contributed by atoms with Crippen LogP contribution in [0.4, 0.5) is 0 Å². The van der Waals surface area contributed by atoms with Gasteiger partial charge >= 0.3 is 0 Å². The second-order valence-corrected chi connectivity index (χ2v) is 6.63. The molecule has 6 heteroatoms. The van der Waals surface area contributed by atoms with Gasteiger partial charge in [-0.3, -0.25) is 0 Å². The van der Waals surface area contributed by atoms with Crippen LogP contribution in [0.1, 0.15) is 11.5 Å². The highest BCUT2D eigenvalue weighted by Gasteiger charge is 2.08. The fraction of sp³-hybridized carbons (Fsp3) is 0.118. The van der Waals surface area contributed by atoms with Crippen molar-refractivity contribution in [1.82, 2.24) is 19.4 Å². The average molecular weight is 341 g/mol. The number of imidazole rings is 1. The Hall–Kier alpha value is -2.11. The molecule has 0 spiro atoms. The number of nitrogens with zero attached hydrogens (tertiary/aromatic N) is 4. The van der Waals surface area contributed by atoms with Crippen molar-refractivity contribution in [3.05, 3.63) is 65.3 Å². The first-order valence-electron chi connectivity index (χ1n) is 7.18. The van der Waals surface area contributed by atoms with Crippen LogP contribution in [0.15, 0.2) is 53.8 Å². The summed E-state index contributed by atoms with van der Waals surface area (Å²) in [5, 5.41) is 2.77. The summed E-state index contributed by atoms with van der Waals surface area (Å²) < 4.78 is 1.95. The molecule has 23 heavy (non-hydrogen) atoms. The van der Waals surface area contributed by atoms with Crippen LogP contribution in [0, 0.1) is 6.92 Å². The van der Waals surface area contributed by atoms with Gasteiger partial charge in [0.15, 0.2) is 0 Å². The number of thioether (sulfide) groups is 1. The molecule has 0 saturated heterocycles. The largest absolute Gasteiger partial charge is 0.305 e. The summed E-state index contributed by atoms with van der Waals surface area (Å²) in [4.78, 5) is 13.7. The van der Waals surface area contributed by atoms with E-state index in [0.29, 0.717) is 5.02 Å². The normalized spacial score (nSPS) is 11.4. The number of halogens is 1. The third-order valence-corrected chi connectivity index (χ3v) is 4.75. The van der Waals surface area contributed by atoms with E-state index in [9.17, 15) is 0 Å². The van der Waals surface area contributed by atoms with Crippen molar-refractivity contribution in [3.8, 4) is 0 Å². The number of para-hydroxylation sites is 1. The highest BCUT2D eigenvalue weighted by atomic mass is 35.5. The Morgan fingerprint density at radius 3 is 2.83 bits per heavy atom. The van der Waals surface area contributed by atoms with Crippen molar-refractivity contribution < 1.29 is 0 Å². The molecule has 114 valence electrons. The first-order valence-corrected chi connectivity index (χ1v) is 8.55. The molecule has 3 aromatic heterocycles. The molecule has 0 unspecified atom stereocenters. The average Bonchev–Trinajstić information content (AvgIpc) is 2.94. The third-order valence-electron chi connectivity index (χ3n) is 3.50. The zero-order valence-electron chi connectivity index (χ0n) is 12.4. The maximum atomic E-state index is 6.01. The SMILES string of the molecule is Cc1nc(SCc2cn3cc(Cl)ccc3n2)c2ccccc2n1. The lowest BCUT2D eigenvalue weighted by Crippen LogP contribution is -1.93. The predicted molar refractivity (Wildman–Crippen MR) is 94.0 cm³/mol. The van der Waals surface area contributed by atoms with Crippen molar-refractivity contribution in [2.45, 2.75) is 17.7 Å². The minimum atomic E-state index is 0.700. The summed E-state index contributed by atoms with van der Waals surface area (Å²) in [5.74, 6) is 1.53. The standard InChI is InChI=1S/C17H13ClN4S/c1-11-19-15-5-3-2-4-14(15)17(20-11)23-10-13-9-22-8-12(18)6-7-16(22)21-13/h2-9H,10H2,1H3. The number of hydrogen-bond donors (Lipinski definition) is 0. The van der Waals surface area contributed by atoms with Gasteiger partial charge in [0, 0.05) is 23.5 Å². The molecule has 0 aliphatic carbocycles. The highest BCUT2D eigenvalue weighted by Crippen LogP contribution is 2.28. The minimum absolute atomic E-state index is 0.700. The van der Waals surface area contributed by atoms with Crippen LogP contribution in [0.2, 0.25) is 5.02 Å². The van der Waals surface area contributed by atoms with Gasteiger partial charge in [-0.25, -0.2) is 15.0 Å². The molecule has 4 nitrogen and oxygen atoms in total. The van der Waals surface area contributed by atoms with Gasteiger partial charge in [0.1, 0.15) is 16.5 Å². The molecule has 0 amide bonds. The topological polar surface area (TPSA) is 43.1 Å². The molecule has 0 radical (unpaired) electrons. The maximum absolute atomic E-state index is 6.01. The fourth-order valence-electron chi connectivity index (χ4n) is 2.50. The quantitative estimate of drug-likeness (QED) is 0.406. The van der Waals surface area contributed by atoms with Gasteiger partial charge in [0.2, 0.25) is 0 Å². The molecule has 4 rings (SSSR count). The summed E-state index contributed by atoms with van der Waals surface area (Å²) in [6.45, 7) is 1.92. The Kier molecular flexibility index (Phi) is 3.67. The van der Waals surface area contributed by atoms with Crippen molar-refractivity contribution in [2.24, 2.45) is 0 Å². The maximum Gasteiger partial charge on any atom is 0.137 e. The first-order chi connectivity index (χ1) is 11.2. The van der Waals surface area contributed by atoms with Gasteiger partial charge in [-0.1, -0.05) is 41.6 Å². The molecule has 3 heterocycles. The molecule has 0 aliphatic rings. The van der Waals surface area contributed by atoms with Crippen LogP contribution >= 0.6 is 23.4 Å². The monoisotopic (exact) mass is 340 g/mol. The van der Waals surface area contributed by atoms with Gasteiger partial charge in [-0.2, -0.15) is 0 Å². The second kappa shape index (κ2) is 5.83. The first kappa shape index (κ1) is 14.5. The van der Waals surface area contributed by atoms with Gasteiger partial charge in [0.05, 0.1) is 16.2 Å². The molecule has 0 bridgehead atoms. The number of benzene rings is 1. The van der Waals surface area contributed by atoms with E-state index in [1.807, 2.05) is 54.0 Å². The van der Waals surface area contributed by atoms with Gasteiger partial charge < -0.3 is 4.40 Å². The van der Waals surface area contributed by atoms with Crippen LogP contribution in [-0.2, 0) is 5.75 Å². The summed E-state index contributed by atoms with van der Waals surface area (Å²) in [5.41, 5.74) is 2.87. The molecule has 0 atom stereocenters. The van der Waals surface area contributed by atoms with Crippen LogP contribution < -0.4 is 0 Å². The van der Waals surface area contributed by atoms with E-state index < -0.39 is 0 Å². The van der Waals surface area contributed by atoms with Crippen molar-refractivity contribution in [1.29, 1.82) is 0 Å². The number of fused-ring (bicyclic) bond motifs is 2. The van der Waals surface area contributed by atoms with Crippen LogP contribution in [-0.4, -0.2) is 19.4 Å². The Bertz CT molecular complexity index is 1010. The van der Waals surface area contributed by atoms with Crippen LogP contribution in [0.5, 0.6) is 0 Å². The minimum Gasteiger partial charge on any atom is -0.305 e. The van der Waals surface area contributed by atoms with E-state index in [4.69, 9.17) is 11.6 Å². The number of aryl methyl sites for hydroxylation is 1. The lowest BCUT2D eigenvalue weighted by atomic mass is 10.2.